The summed E-state index contributed by atoms with van der Waals surface area (Å²) < 4.78 is 8.96. The molecular formula is C53H35BN3S3. The number of thiazole rings is 1. The third-order valence-corrected chi connectivity index (χ3v) is 15.7. The Morgan fingerprint density at radius 2 is 1.25 bits per heavy atom. The Morgan fingerprint density at radius 1 is 0.550 bits per heavy atom. The van der Waals surface area contributed by atoms with Crippen molar-refractivity contribution in [2.45, 2.75) is 26.2 Å². The molecule has 1 aliphatic heterocycles. The van der Waals surface area contributed by atoms with Crippen molar-refractivity contribution in [3.05, 3.63) is 157 Å². The lowest BCUT2D eigenvalue weighted by Crippen LogP contribution is -2.37. The first kappa shape index (κ1) is 34.6. The van der Waals surface area contributed by atoms with Gasteiger partial charge in [0.1, 0.15) is 5.01 Å². The van der Waals surface area contributed by atoms with Gasteiger partial charge in [-0.05, 0) is 82.7 Å². The molecular weight excluding hydrogens is 786 g/mol. The minimum absolute atomic E-state index is 0.0811. The zero-order valence-corrected chi connectivity index (χ0v) is 35.6. The van der Waals surface area contributed by atoms with Crippen LogP contribution >= 0.6 is 34.0 Å². The maximum atomic E-state index is 5.21. The fraction of sp³-hybridized carbons (Fsp3) is 0.0755. The van der Waals surface area contributed by atoms with E-state index in [1.165, 1.54) is 100 Å². The normalized spacial score (nSPS) is 12.7. The van der Waals surface area contributed by atoms with Gasteiger partial charge in [-0.25, -0.2) is 4.98 Å². The van der Waals surface area contributed by atoms with Crippen molar-refractivity contribution in [2.24, 2.45) is 0 Å². The van der Waals surface area contributed by atoms with Gasteiger partial charge in [-0.3, -0.25) is 0 Å². The van der Waals surface area contributed by atoms with E-state index >= 15 is 0 Å². The first-order chi connectivity index (χ1) is 29.3. The highest BCUT2D eigenvalue weighted by Crippen LogP contribution is 2.45. The summed E-state index contributed by atoms with van der Waals surface area (Å²) in [5.41, 5.74) is 14.3. The highest BCUT2D eigenvalue weighted by Gasteiger charge is 2.29. The molecule has 4 aromatic heterocycles. The van der Waals surface area contributed by atoms with E-state index in [1.54, 1.807) is 11.3 Å². The predicted molar refractivity (Wildman–Crippen MR) is 264 cm³/mol. The number of fused-ring (bicyclic) bond motifs is 12. The molecule has 0 amide bonds. The molecule has 13 rings (SSSR count). The Labute approximate surface area is 359 Å². The third kappa shape index (κ3) is 5.16. The number of anilines is 2. The molecule has 0 aliphatic carbocycles. The molecule has 60 heavy (non-hydrogen) atoms. The second kappa shape index (κ2) is 12.6. The monoisotopic (exact) mass is 820 g/mol. The summed E-state index contributed by atoms with van der Waals surface area (Å²) in [6, 6.07) is 56.3. The van der Waals surface area contributed by atoms with Crippen molar-refractivity contribution < 1.29 is 0 Å². The van der Waals surface area contributed by atoms with Gasteiger partial charge in [-0.1, -0.05) is 117 Å². The van der Waals surface area contributed by atoms with Gasteiger partial charge in [0.2, 0.25) is 0 Å². The third-order valence-electron chi connectivity index (χ3n) is 12.4. The molecule has 8 aromatic carbocycles. The van der Waals surface area contributed by atoms with Crippen LogP contribution in [0, 0.1) is 0 Å². The van der Waals surface area contributed by atoms with Gasteiger partial charge in [0, 0.05) is 84.8 Å². The molecule has 0 saturated carbocycles. The zero-order chi connectivity index (χ0) is 39.9. The van der Waals surface area contributed by atoms with Crippen LogP contribution in [0.3, 0.4) is 0 Å². The molecule has 5 heterocycles. The Hall–Kier alpha value is -6.25. The van der Waals surface area contributed by atoms with Crippen molar-refractivity contribution in [3.8, 4) is 27.4 Å². The van der Waals surface area contributed by atoms with Crippen LogP contribution < -0.4 is 16.2 Å². The molecule has 1 aliphatic rings. The topological polar surface area (TPSA) is 29.9 Å². The molecule has 3 nitrogen and oxygen atoms in total. The molecule has 12 aromatic rings. The van der Waals surface area contributed by atoms with E-state index in [-0.39, 0.29) is 5.41 Å². The summed E-state index contributed by atoms with van der Waals surface area (Å²) in [6.07, 6.45) is 0. The summed E-state index contributed by atoms with van der Waals surface area (Å²) >= 11 is 5.52. The summed E-state index contributed by atoms with van der Waals surface area (Å²) in [6.45, 7) is 6.81. The van der Waals surface area contributed by atoms with Gasteiger partial charge >= 0.3 is 0 Å². The van der Waals surface area contributed by atoms with E-state index in [0.29, 0.717) is 0 Å². The first-order valence-electron chi connectivity index (χ1n) is 20.4. The lowest BCUT2D eigenvalue weighted by atomic mass is 9.59. The quantitative estimate of drug-likeness (QED) is 0.179. The van der Waals surface area contributed by atoms with Crippen LogP contribution in [0.15, 0.2) is 152 Å². The summed E-state index contributed by atoms with van der Waals surface area (Å²) in [4.78, 5) is 5.21. The number of hydrogen-bond donors (Lipinski definition) is 1. The molecule has 0 fully saturated rings. The highest BCUT2D eigenvalue weighted by molar-refractivity contribution is 7.26. The van der Waals surface area contributed by atoms with E-state index in [1.807, 2.05) is 22.7 Å². The number of thiophene rings is 2. The van der Waals surface area contributed by atoms with Crippen LogP contribution in [0.1, 0.15) is 26.3 Å². The van der Waals surface area contributed by atoms with Crippen LogP contribution in [0.4, 0.5) is 11.4 Å². The van der Waals surface area contributed by atoms with Crippen molar-refractivity contribution in [2.75, 3.05) is 5.32 Å². The van der Waals surface area contributed by atoms with Crippen LogP contribution in [0.25, 0.3) is 99.8 Å². The van der Waals surface area contributed by atoms with Gasteiger partial charge in [-0.15, -0.1) is 34.0 Å². The first-order valence-corrected chi connectivity index (χ1v) is 22.9. The lowest BCUT2D eigenvalue weighted by Gasteiger charge is -2.24. The lowest BCUT2D eigenvalue weighted by molar-refractivity contribution is 0.590. The largest absolute Gasteiger partial charge is 0.355 e. The van der Waals surface area contributed by atoms with E-state index in [4.69, 9.17) is 4.98 Å². The number of aromatic nitrogens is 2. The fourth-order valence-electron chi connectivity index (χ4n) is 9.43. The number of benzene rings is 8. The van der Waals surface area contributed by atoms with E-state index in [9.17, 15) is 0 Å². The molecule has 0 bridgehead atoms. The zero-order valence-electron chi connectivity index (χ0n) is 33.1. The SMILES string of the molecule is CC(C)(C)c1ccc(Nc2cc3sc4ccccc4c3cc2-c2ccc3c4cc5c(cc4n4c3c2[B]c2cc3nc(-c6ccccc6)sc3cc2-4)sc2ccccc25)cc1. The van der Waals surface area contributed by atoms with Crippen molar-refractivity contribution in [1.82, 2.24) is 9.55 Å². The van der Waals surface area contributed by atoms with E-state index in [2.05, 4.69) is 190 Å². The van der Waals surface area contributed by atoms with Crippen molar-refractivity contribution >= 4 is 136 Å². The molecule has 0 spiro atoms. The minimum Gasteiger partial charge on any atom is -0.355 e. The van der Waals surface area contributed by atoms with Crippen LogP contribution in [-0.2, 0) is 5.41 Å². The second-order valence-electron chi connectivity index (χ2n) is 17.1. The van der Waals surface area contributed by atoms with Gasteiger partial charge in [0.05, 0.1) is 15.7 Å². The summed E-state index contributed by atoms with van der Waals surface area (Å²) in [5, 5.41) is 12.7. The maximum absolute atomic E-state index is 5.21. The number of rotatable bonds is 4. The Bertz CT molecular complexity index is 3750. The maximum Gasteiger partial charge on any atom is 0.198 e. The highest BCUT2D eigenvalue weighted by atomic mass is 32.1. The van der Waals surface area contributed by atoms with Gasteiger partial charge in [-0.2, -0.15) is 0 Å². The number of hydrogen-bond acceptors (Lipinski definition) is 5. The summed E-state index contributed by atoms with van der Waals surface area (Å²) in [7, 11) is 2.43. The number of nitrogens with one attached hydrogen (secondary N) is 1. The molecule has 1 radical (unpaired) electrons. The molecule has 1 N–H and O–H groups in total. The average molecular weight is 821 g/mol. The van der Waals surface area contributed by atoms with Gasteiger partial charge < -0.3 is 9.88 Å². The minimum atomic E-state index is 0.0811. The predicted octanol–water partition coefficient (Wildman–Crippen LogP) is 14.5. The Morgan fingerprint density at radius 3 is 2.00 bits per heavy atom. The molecule has 0 unspecified atom stereocenters. The van der Waals surface area contributed by atoms with E-state index in [0.717, 1.165) is 27.5 Å². The van der Waals surface area contributed by atoms with Crippen LogP contribution in [0.2, 0.25) is 0 Å². The van der Waals surface area contributed by atoms with E-state index < -0.39 is 0 Å². The van der Waals surface area contributed by atoms with Crippen LogP contribution in [0.5, 0.6) is 0 Å². The second-order valence-corrected chi connectivity index (χ2v) is 20.3. The average Bonchev–Trinajstić information content (AvgIpc) is 4.03. The van der Waals surface area contributed by atoms with Crippen molar-refractivity contribution in [3.63, 3.8) is 0 Å². The summed E-state index contributed by atoms with van der Waals surface area (Å²) in [5.74, 6) is 0. The van der Waals surface area contributed by atoms with Gasteiger partial charge in [0.25, 0.3) is 0 Å². The van der Waals surface area contributed by atoms with Crippen LogP contribution in [-0.4, -0.2) is 16.8 Å². The standard InChI is InChI=1S/C53H35BN3S3/c1-53(2,3)30-17-19-31(20-18-30)55-41-26-47-38(32-13-7-9-15-45(32)58-47)23-36(41)34-21-22-35-37-24-39-33-14-8-10-16-46(33)59-48(39)27-43(37)57-44-28-49-42(25-40(44)54-50(34)51(35)57)56-52(60-49)29-11-5-4-6-12-29/h4-28,55H,1-3H3. The molecule has 0 atom stereocenters. The molecule has 0 saturated heterocycles. The van der Waals surface area contributed by atoms with Gasteiger partial charge in [0.15, 0.2) is 7.28 Å². The number of nitrogens with zero attached hydrogens (tertiary/aromatic N) is 2. The Balaban J connectivity index is 1.09. The smallest absolute Gasteiger partial charge is 0.198 e. The molecule has 283 valence electrons. The molecule has 7 heteroatoms. The van der Waals surface area contributed by atoms with Crippen molar-refractivity contribution in [1.29, 1.82) is 0 Å². The Kier molecular flexibility index (Phi) is 7.29. The fourth-order valence-corrected chi connectivity index (χ4v) is 12.7.